The van der Waals surface area contributed by atoms with E-state index in [1.165, 1.54) is 6.07 Å². The molecule has 1 aromatic rings. The van der Waals surface area contributed by atoms with Gasteiger partial charge in [-0.3, -0.25) is 0 Å². The summed E-state index contributed by atoms with van der Waals surface area (Å²) in [5.41, 5.74) is 6.85. The summed E-state index contributed by atoms with van der Waals surface area (Å²) in [4.78, 5) is 13.3. The normalized spacial score (nSPS) is 10.9. The zero-order valence-electron chi connectivity index (χ0n) is 11.1. The summed E-state index contributed by atoms with van der Waals surface area (Å²) in [6.07, 6.45) is 0. The lowest BCUT2D eigenvalue weighted by molar-refractivity contribution is 0.0698. The fourth-order valence-corrected chi connectivity index (χ4v) is 1.52. The minimum Gasteiger partial charge on any atom is -0.478 e. The van der Waals surface area contributed by atoms with Crippen LogP contribution in [0.25, 0.3) is 0 Å². The molecule has 0 unspecified atom stereocenters. The van der Waals surface area contributed by atoms with Crippen molar-refractivity contribution < 1.29 is 9.90 Å². The number of carboxylic acid groups (broad SMARTS) is 1. The number of carbonyl (C=O) groups is 1. The van der Waals surface area contributed by atoms with Crippen molar-refractivity contribution in [2.45, 2.75) is 19.9 Å². The van der Waals surface area contributed by atoms with E-state index < -0.39 is 5.97 Å². The van der Waals surface area contributed by atoms with E-state index in [1.54, 1.807) is 12.1 Å². The van der Waals surface area contributed by atoms with E-state index >= 15 is 0 Å². The van der Waals surface area contributed by atoms with Crippen LogP contribution >= 0.6 is 0 Å². The monoisotopic (exact) mass is 251 g/mol. The number of hydrogen-bond acceptors (Lipinski definition) is 4. The second-order valence-electron chi connectivity index (χ2n) is 4.61. The number of nitrogen functional groups attached to an aromatic ring is 1. The van der Waals surface area contributed by atoms with Crippen LogP contribution < -0.4 is 11.1 Å². The summed E-state index contributed by atoms with van der Waals surface area (Å²) >= 11 is 0. The molecule has 0 fully saturated rings. The second kappa shape index (κ2) is 6.26. The Kier molecular flexibility index (Phi) is 4.97. The molecule has 0 aliphatic heterocycles. The minimum atomic E-state index is -0.970. The Hall–Kier alpha value is -1.75. The van der Waals surface area contributed by atoms with Gasteiger partial charge in [-0.1, -0.05) is 0 Å². The first-order valence-electron chi connectivity index (χ1n) is 5.98. The molecule has 4 N–H and O–H groups in total. The van der Waals surface area contributed by atoms with Crippen LogP contribution in [0.1, 0.15) is 24.2 Å². The molecule has 0 saturated carbocycles. The molecule has 0 heterocycles. The van der Waals surface area contributed by atoms with E-state index in [1.807, 2.05) is 7.05 Å². The van der Waals surface area contributed by atoms with Gasteiger partial charge in [-0.05, 0) is 39.1 Å². The Bertz CT molecular complexity index is 419. The van der Waals surface area contributed by atoms with E-state index in [4.69, 9.17) is 10.8 Å². The quantitative estimate of drug-likeness (QED) is 0.671. The van der Waals surface area contributed by atoms with Crippen molar-refractivity contribution in [3.8, 4) is 0 Å². The molecule has 0 aliphatic rings. The molecule has 0 atom stereocenters. The Balaban J connectivity index is 2.65. The number of rotatable bonds is 6. The van der Waals surface area contributed by atoms with Gasteiger partial charge in [0, 0.05) is 30.5 Å². The Morgan fingerprint density at radius 3 is 2.72 bits per heavy atom. The van der Waals surface area contributed by atoms with Crippen LogP contribution in [-0.2, 0) is 0 Å². The second-order valence-corrected chi connectivity index (χ2v) is 4.61. The van der Waals surface area contributed by atoms with Crippen molar-refractivity contribution in [1.29, 1.82) is 0 Å². The summed E-state index contributed by atoms with van der Waals surface area (Å²) < 4.78 is 0. The maximum Gasteiger partial charge on any atom is 0.337 e. The van der Waals surface area contributed by atoms with Crippen molar-refractivity contribution in [1.82, 2.24) is 4.90 Å². The van der Waals surface area contributed by atoms with Gasteiger partial charge in [0.05, 0.1) is 5.56 Å². The summed E-state index contributed by atoms with van der Waals surface area (Å²) in [5.74, 6) is -0.970. The van der Waals surface area contributed by atoms with Gasteiger partial charge in [0.1, 0.15) is 0 Å². The molecule has 5 nitrogen and oxygen atoms in total. The lowest BCUT2D eigenvalue weighted by Gasteiger charge is -2.21. The molecular formula is C13H21N3O2. The highest BCUT2D eigenvalue weighted by atomic mass is 16.4. The molecule has 5 heteroatoms. The van der Waals surface area contributed by atoms with Crippen LogP contribution in [0.15, 0.2) is 18.2 Å². The first-order valence-corrected chi connectivity index (χ1v) is 5.98. The third-order valence-corrected chi connectivity index (χ3v) is 2.94. The fraction of sp³-hybridized carbons (Fsp3) is 0.462. The average Bonchev–Trinajstić information content (AvgIpc) is 2.30. The number of nitrogens with two attached hydrogens (primary N) is 1. The van der Waals surface area contributed by atoms with Gasteiger partial charge in [0.25, 0.3) is 0 Å². The molecule has 0 saturated heterocycles. The van der Waals surface area contributed by atoms with Crippen molar-refractivity contribution >= 4 is 17.3 Å². The average molecular weight is 251 g/mol. The van der Waals surface area contributed by atoms with E-state index in [0.29, 0.717) is 24.0 Å². The number of carboxylic acids is 1. The number of likely N-dealkylation sites (N-methyl/N-ethyl adjacent to an activating group) is 1. The first-order chi connectivity index (χ1) is 8.41. The van der Waals surface area contributed by atoms with Crippen molar-refractivity contribution in [2.24, 2.45) is 0 Å². The molecule has 1 aromatic carbocycles. The van der Waals surface area contributed by atoms with Gasteiger partial charge >= 0.3 is 5.97 Å². The predicted molar refractivity (Wildman–Crippen MR) is 74.1 cm³/mol. The van der Waals surface area contributed by atoms with Crippen molar-refractivity contribution in [3.05, 3.63) is 23.8 Å². The van der Waals surface area contributed by atoms with E-state index in [-0.39, 0.29) is 5.56 Å². The van der Waals surface area contributed by atoms with Crippen LogP contribution in [0.3, 0.4) is 0 Å². The topological polar surface area (TPSA) is 78.6 Å². The lowest BCUT2D eigenvalue weighted by Crippen LogP contribution is -2.31. The van der Waals surface area contributed by atoms with Crippen molar-refractivity contribution in [3.63, 3.8) is 0 Å². The van der Waals surface area contributed by atoms with Crippen LogP contribution in [0, 0.1) is 0 Å². The van der Waals surface area contributed by atoms with Gasteiger partial charge in [-0.25, -0.2) is 4.79 Å². The third kappa shape index (κ3) is 3.92. The van der Waals surface area contributed by atoms with E-state index in [0.717, 1.165) is 6.54 Å². The number of nitrogens with one attached hydrogen (secondary N) is 1. The number of benzene rings is 1. The smallest absolute Gasteiger partial charge is 0.337 e. The lowest BCUT2D eigenvalue weighted by atomic mass is 10.1. The SMILES string of the molecule is CC(C)N(C)CCNc1ccc(N)cc1C(=O)O. The third-order valence-electron chi connectivity index (χ3n) is 2.94. The summed E-state index contributed by atoms with van der Waals surface area (Å²) in [6.45, 7) is 5.78. The maximum absolute atomic E-state index is 11.1. The van der Waals surface area contributed by atoms with Crippen LogP contribution in [0.2, 0.25) is 0 Å². The zero-order chi connectivity index (χ0) is 13.7. The fourth-order valence-electron chi connectivity index (χ4n) is 1.52. The standard InChI is InChI=1S/C13H21N3O2/c1-9(2)16(3)7-6-15-12-5-4-10(14)8-11(12)13(17)18/h4-5,8-9,15H,6-7,14H2,1-3H3,(H,17,18). The molecule has 0 bridgehead atoms. The van der Waals surface area contributed by atoms with Gasteiger partial charge in [-0.2, -0.15) is 0 Å². The largest absolute Gasteiger partial charge is 0.478 e. The molecule has 100 valence electrons. The number of hydrogen-bond donors (Lipinski definition) is 3. The highest BCUT2D eigenvalue weighted by Crippen LogP contribution is 2.18. The Morgan fingerprint density at radius 1 is 1.50 bits per heavy atom. The Labute approximate surface area is 108 Å². The van der Waals surface area contributed by atoms with Gasteiger partial charge in [0.15, 0.2) is 0 Å². The van der Waals surface area contributed by atoms with E-state index in [9.17, 15) is 4.79 Å². The van der Waals surface area contributed by atoms with Crippen LogP contribution in [-0.4, -0.2) is 42.2 Å². The van der Waals surface area contributed by atoms with Crippen LogP contribution in [0.5, 0.6) is 0 Å². The number of nitrogens with zero attached hydrogens (tertiary/aromatic N) is 1. The molecule has 0 radical (unpaired) electrons. The molecule has 0 amide bonds. The summed E-state index contributed by atoms with van der Waals surface area (Å²) in [6, 6.07) is 5.34. The van der Waals surface area contributed by atoms with Crippen LogP contribution in [0.4, 0.5) is 11.4 Å². The highest BCUT2D eigenvalue weighted by Gasteiger charge is 2.10. The number of aromatic carboxylic acids is 1. The molecular weight excluding hydrogens is 230 g/mol. The van der Waals surface area contributed by atoms with Gasteiger partial charge in [-0.15, -0.1) is 0 Å². The number of anilines is 2. The Morgan fingerprint density at radius 2 is 2.17 bits per heavy atom. The molecule has 18 heavy (non-hydrogen) atoms. The molecule has 0 aromatic heterocycles. The maximum atomic E-state index is 11.1. The summed E-state index contributed by atoms with van der Waals surface area (Å²) in [7, 11) is 2.04. The molecule has 0 spiro atoms. The molecule has 1 rings (SSSR count). The predicted octanol–water partition coefficient (Wildman–Crippen LogP) is 1.72. The van der Waals surface area contributed by atoms with E-state index in [2.05, 4.69) is 24.1 Å². The molecule has 0 aliphatic carbocycles. The zero-order valence-corrected chi connectivity index (χ0v) is 11.1. The minimum absolute atomic E-state index is 0.210. The van der Waals surface area contributed by atoms with Gasteiger partial charge < -0.3 is 21.1 Å². The van der Waals surface area contributed by atoms with Gasteiger partial charge in [0.2, 0.25) is 0 Å². The van der Waals surface area contributed by atoms with Crippen molar-refractivity contribution in [2.75, 3.05) is 31.2 Å². The summed E-state index contributed by atoms with van der Waals surface area (Å²) in [5, 5.41) is 12.2. The first kappa shape index (κ1) is 14.3. The highest BCUT2D eigenvalue weighted by molar-refractivity contribution is 5.95.